The fraction of sp³-hybridized carbons (Fsp3) is 0.278. The fourth-order valence-corrected chi connectivity index (χ4v) is 3.99. The maximum atomic E-state index is 12.8. The van der Waals surface area contributed by atoms with Crippen molar-refractivity contribution in [2.75, 3.05) is 6.54 Å². The summed E-state index contributed by atoms with van der Waals surface area (Å²) in [4.78, 5) is 19.2. The number of aromatic nitrogens is 1. The zero-order chi connectivity index (χ0) is 14.9. The van der Waals surface area contributed by atoms with Crippen molar-refractivity contribution in [1.29, 1.82) is 0 Å². The van der Waals surface area contributed by atoms with Crippen molar-refractivity contribution in [2.45, 2.75) is 25.3 Å². The molecule has 0 spiro atoms. The summed E-state index contributed by atoms with van der Waals surface area (Å²) in [5, 5.41) is 3.18. The number of thiophene rings is 1. The van der Waals surface area contributed by atoms with Gasteiger partial charge in [-0.3, -0.25) is 4.79 Å². The van der Waals surface area contributed by atoms with Crippen LogP contribution in [0.5, 0.6) is 0 Å². The molecule has 1 atom stereocenters. The molecule has 1 fully saturated rings. The van der Waals surface area contributed by atoms with Crippen molar-refractivity contribution in [2.24, 2.45) is 0 Å². The van der Waals surface area contributed by atoms with Crippen LogP contribution in [0.3, 0.4) is 0 Å². The molecule has 1 aliphatic heterocycles. The summed E-state index contributed by atoms with van der Waals surface area (Å²) in [5.74, 6) is 0.165. The van der Waals surface area contributed by atoms with Crippen molar-refractivity contribution >= 4 is 28.1 Å². The van der Waals surface area contributed by atoms with Crippen LogP contribution in [-0.2, 0) is 0 Å². The predicted octanol–water partition coefficient (Wildman–Crippen LogP) is 4.60. The Balaban J connectivity index is 1.69. The van der Waals surface area contributed by atoms with Gasteiger partial charge in [0.1, 0.15) is 0 Å². The third-order valence-electron chi connectivity index (χ3n) is 4.41. The number of hydrogen-bond donors (Lipinski definition) is 1. The smallest absolute Gasteiger partial charge is 0.264 e. The third-order valence-corrected chi connectivity index (χ3v) is 5.26. The molecule has 1 aliphatic rings. The van der Waals surface area contributed by atoms with Gasteiger partial charge in [-0.25, -0.2) is 0 Å². The van der Waals surface area contributed by atoms with Crippen LogP contribution in [0.1, 0.15) is 40.7 Å². The van der Waals surface area contributed by atoms with Gasteiger partial charge < -0.3 is 9.88 Å². The van der Waals surface area contributed by atoms with Gasteiger partial charge in [0.15, 0.2) is 0 Å². The highest BCUT2D eigenvalue weighted by atomic mass is 32.1. The molecular formula is C18H18N2OS. The van der Waals surface area contributed by atoms with Gasteiger partial charge in [-0.05, 0) is 48.2 Å². The minimum Gasteiger partial charge on any atom is -0.357 e. The lowest BCUT2D eigenvalue weighted by Gasteiger charge is -2.35. The molecule has 2 aromatic heterocycles. The molecule has 1 saturated heterocycles. The second-order valence-electron chi connectivity index (χ2n) is 5.80. The van der Waals surface area contributed by atoms with Crippen molar-refractivity contribution < 1.29 is 4.79 Å². The maximum absolute atomic E-state index is 12.8. The SMILES string of the molecule is O=C(c1cccs1)N1CCCCC1c1cc2ccccc2[nH]1. The zero-order valence-corrected chi connectivity index (χ0v) is 13.1. The standard InChI is InChI=1S/C18H18N2OS/c21-18(17-9-5-11-22-17)20-10-4-3-8-16(20)15-12-13-6-1-2-7-14(13)19-15/h1-2,5-7,9,11-12,16,19H,3-4,8,10H2. The van der Waals surface area contributed by atoms with E-state index in [-0.39, 0.29) is 11.9 Å². The molecule has 0 bridgehead atoms. The van der Waals surface area contributed by atoms with Crippen LogP contribution in [0.15, 0.2) is 47.8 Å². The Morgan fingerprint density at radius 2 is 2.09 bits per heavy atom. The summed E-state index contributed by atoms with van der Waals surface area (Å²) >= 11 is 1.53. The van der Waals surface area contributed by atoms with E-state index in [9.17, 15) is 4.79 Å². The number of H-pyrrole nitrogens is 1. The molecule has 4 rings (SSSR count). The molecular weight excluding hydrogens is 292 g/mol. The van der Waals surface area contributed by atoms with Crippen molar-refractivity contribution in [3.63, 3.8) is 0 Å². The lowest BCUT2D eigenvalue weighted by molar-refractivity contribution is 0.0612. The van der Waals surface area contributed by atoms with Crippen LogP contribution in [-0.4, -0.2) is 22.3 Å². The number of nitrogens with zero attached hydrogens (tertiary/aromatic N) is 1. The number of nitrogens with one attached hydrogen (secondary N) is 1. The molecule has 0 radical (unpaired) electrons. The quantitative estimate of drug-likeness (QED) is 0.738. The summed E-state index contributed by atoms with van der Waals surface area (Å²) in [6, 6.07) is 14.5. The van der Waals surface area contributed by atoms with Gasteiger partial charge in [-0.15, -0.1) is 11.3 Å². The lowest BCUT2D eigenvalue weighted by Crippen LogP contribution is -2.38. The summed E-state index contributed by atoms with van der Waals surface area (Å²) in [6.45, 7) is 0.844. The number of carbonyl (C=O) groups excluding carboxylic acids is 1. The van der Waals surface area contributed by atoms with E-state index in [1.807, 2.05) is 28.5 Å². The van der Waals surface area contributed by atoms with Crippen LogP contribution < -0.4 is 0 Å². The largest absolute Gasteiger partial charge is 0.357 e. The van der Waals surface area contributed by atoms with Gasteiger partial charge in [0.2, 0.25) is 0 Å². The number of amides is 1. The number of hydrogen-bond acceptors (Lipinski definition) is 2. The number of rotatable bonds is 2. The van der Waals surface area contributed by atoms with E-state index in [0.717, 1.165) is 35.5 Å². The second kappa shape index (κ2) is 5.61. The molecule has 4 heteroatoms. The van der Waals surface area contributed by atoms with E-state index in [0.29, 0.717) is 0 Å². The Labute approximate surface area is 133 Å². The van der Waals surface area contributed by atoms with Crippen molar-refractivity contribution in [3.8, 4) is 0 Å². The number of likely N-dealkylation sites (tertiary alicyclic amines) is 1. The van der Waals surface area contributed by atoms with E-state index in [1.165, 1.54) is 23.1 Å². The van der Waals surface area contributed by atoms with Crippen LogP contribution in [0.4, 0.5) is 0 Å². The first-order valence-electron chi connectivity index (χ1n) is 7.75. The zero-order valence-electron chi connectivity index (χ0n) is 12.3. The Bertz CT molecular complexity index is 757. The molecule has 3 nitrogen and oxygen atoms in total. The maximum Gasteiger partial charge on any atom is 0.264 e. The van der Waals surface area contributed by atoms with Gasteiger partial charge in [0.25, 0.3) is 5.91 Å². The highest BCUT2D eigenvalue weighted by Crippen LogP contribution is 2.33. The Morgan fingerprint density at radius 1 is 1.18 bits per heavy atom. The molecule has 1 N–H and O–H groups in total. The van der Waals surface area contributed by atoms with Crippen molar-refractivity contribution in [1.82, 2.24) is 9.88 Å². The number of aromatic amines is 1. The van der Waals surface area contributed by atoms with Crippen LogP contribution in [0, 0.1) is 0 Å². The number of carbonyl (C=O) groups is 1. The van der Waals surface area contributed by atoms with Crippen LogP contribution in [0.25, 0.3) is 10.9 Å². The molecule has 3 aromatic rings. The highest BCUT2D eigenvalue weighted by Gasteiger charge is 2.30. The average Bonchev–Trinajstić information content (AvgIpc) is 3.23. The normalized spacial score (nSPS) is 18.7. The third kappa shape index (κ3) is 2.33. The Morgan fingerprint density at radius 3 is 2.91 bits per heavy atom. The van der Waals surface area contributed by atoms with Gasteiger partial charge in [0.05, 0.1) is 10.9 Å². The molecule has 0 aliphatic carbocycles. The van der Waals surface area contributed by atoms with Gasteiger partial charge in [-0.1, -0.05) is 24.3 Å². The fourth-order valence-electron chi connectivity index (χ4n) is 3.32. The lowest BCUT2D eigenvalue weighted by atomic mass is 9.99. The first-order valence-corrected chi connectivity index (χ1v) is 8.63. The highest BCUT2D eigenvalue weighted by molar-refractivity contribution is 7.12. The molecule has 3 heterocycles. The summed E-state index contributed by atoms with van der Waals surface area (Å²) in [5.41, 5.74) is 2.30. The van der Waals surface area contributed by atoms with Crippen LogP contribution >= 0.6 is 11.3 Å². The van der Waals surface area contributed by atoms with Gasteiger partial charge in [-0.2, -0.15) is 0 Å². The van der Waals surface area contributed by atoms with E-state index in [2.05, 4.69) is 29.2 Å². The Hall–Kier alpha value is -2.07. The molecule has 112 valence electrons. The van der Waals surface area contributed by atoms with Crippen LogP contribution in [0.2, 0.25) is 0 Å². The second-order valence-corrected chi connectivity index (χ2v) is 6.75. The summed E-state index contributed by atoms with van der Waals surface area (Å²) < 4.78 is 0. The first-order chi connectivity index (χ1) is 10.8. The topological polar surface area (TPSA) is 36.1 Å². The van der Waals surface area contributed by atoms with E-state index in [1.54, 1.807) is 0 Å². The monoisotopic (exact) mass is 310 g/mol. The van der Waals surface area contributed by atoms with E-state index < -0.39 is 0 Å². The van der Waals surface area contributed by atoms with Gasteiger partial charge in [0, 0.05) is 17.8 Å². The average molecular weight is 310 g/mol. The van der Waals surface area contributed by atoms with E-state index >= 15 is 0 Å². The molecule has 1 aromatic carbocycles. The molecule has 1 amide bonds. The molecule has 0 saturated carbocycles. The minimum absolute atomic E-state index is 0.163. The Kier molecular flexibility index (Phi) is 3.47. The summed E-state index contributed by atoms with van der Waals surface area (Å²) in [7, 11) is 0. The van der Waals surface area contributed by atoms with Gasteiger partial charge >= 0.3 is 0 Å². The van der Waals surface area contributed by atoms with Crippen molar-refractivity contribution in [3.05, 3.63) is 58.4 Å². The van der Waals surface area contributed by atoms with E-state index in [4.69, 9.17) is 0 Å². The summed E-state index contributed by atoms with van der Waals surface area (Å²) in [6.07, 6.45) is 3.30. The number of fused-ring (bicyclic) bond motifs is 1. The first kappa shape index (κ1) is 13.6. The molecule has 1 unspecified atom stereocenters. The number of benzene rings is 1. The number of piperidine rings is 1. The number of para-hydroxylation sites is 1. The molecule has 22 heavy (non-hydrogen) atoms. The minimum atomic E-state index is 0.163. The predicted molar refractivity (Wildman–Crippen MR) is 90.2 cm³/mol.